The molecule has 0 bridgehead atoms. The molecule has 2 aromatic heterocycles. The fourth-order valence-electron chi connectivity index (χ4n) is 3.21. The van der Waals surface area contributed by atoms with E-state index in [0.717, 1.165) is 39.4 Å². The van der Waals surface area contributed by atoms with E-state index in [1.807, 2.05) is 18.2 Å². The monoisotopic (exact) mass is 403 g/mol. The predicted octanol–water partition coefficient (Wildman–Crippen LogP) is 2.29. The lowest BCUT2D eigenvalue weighted by atomic mass is 10.1. The minimum absolute atomic E-state index is 0.00754. The first-order valence-electron chi connectivity index (χ1n) is 8.72. The summed E-state index contributed by atoms with van der Waals surface area (Å²) in [5, 5.41) is 8.04. The van der Waals surface area contributed by atoms with E-state index in [9.17, 15) is 9.59 Å². The van der Waals surface area contributed by atoms with Crippen molar-refractivity contribution in [3.8, 4) is 0 Å². The molecule has 140 valence electrons. The molecule has 1 aromatic carbocycles. The number of aromatic nitrogens is 3. The van der Waals surface area contributed by atoms with Crippen LogP contribution in [0, 0.1) is 0 Å². The van der Waals surface area contributed by atoms with Crippen LogP contribution in [0.25, 0.3) is 10.2 Å². The normalized spacial score (nSPS) is 17.2. The Morgan fingerprint density at radius 3 is 3.00 bits per heavy atom. The standard InChI is InChI=1S/C18H18ClN5O2S/c19-15-7-8-17(26)24(22-15)11-16(25)20-12-4-3-9-23(10-12)18-21-13-5-1-2-6-14(13)27-18/h1-2,5-8,12H,3-4,9-11H2,(H,20,25)/t12-/m0/s1. The molecular formula is C18H18ClN5O2S. The zero-order chi connectivity index (χ0) is 18.8. The number of benzene rings is 1. The molecule has 4 rings (SSSR count). The maximum Gasteiger partial charge on any atom is 0.267 e. The summed E-state index contributed by atoms with van der Waals surface area (Å²) in [6.07, 6.45) is 1.86. The molecule has 1 aliphatic heterocycles. The Bertz CT molecular complexity index is 1000. The Labute approximate surface area is 164 Å². The number of para-hydroxylation sites is 1. The van der Waals surface area contributed by atoms with E-state index in [1.165, 1.54) is 12.1 Å². The van der Waals surface area contributed by atoms with Crippen molar-refractivity contribution in [2.75, 3.05) is 18.0 Å². The van der Waals surface area contributed by atoms with E-state index in [-0.39, 0.29) is 29.2 Å². The molecule has 1 saturated heterocycles. The molecule has 7 nitrogen and oxygen atoms in total. The average molecular weight is 404 g/mol. The van der Waals surface area contributed by atoms with Crippen LogP contribution < -0.4 is 15.8 Å². The Morgan fingerprint density at radius 1 is 1.30 bits per heavy atom. The van der Waals surface area contributed by atoms with Crippen molar-refractivity contribution in [1.29, 1.82) is 0 Å². The van der Waals surface area contributed by atoms with Crippen LogP contribution in [-0.4, -0.2) is 39.8 Å². The minimum atomic E-state index is -0.353. The van der Waals surface area contributed by atoms with E-state index in [2.05, 4.69) is 21.4 Å². The number of halogens is 1. The lowest BCUT2D eigenvalue weighted by Crippen LogP contribution is -2.49. The van der Waals surface area contributed by atoms with E-state index in [4.69, 9.17) is 16.6 Å². The van der Waals surface area contributed by atoms with Gasteiger partial charge in [0, 0.05) is 25.2 Å². The van der Waals surface area contributed by atoms with Gasteiger partial charge in [0.05, 0.1) is 10.2 Å². The van der Waals surface area contributed by atoms with Crippen LogP contribution in [0.15, 0.2) is 41.2 Å². The van der Waals surface area contributed by atoms with Gasteiger partial charge in [-0.25, -0.2) is 9.67 Å². The number of amides is 1. The van der Waals surface area contributed by atoms with Crippen LogP contribution in [0.2, 0.25) is 5.15 Å². The van der Waals surface area contributed by atoms with Crippen molar-refractivity contribution in [3.05, 3.63) is 51.9 Å². The highest BCUT2D eigenvalue weighted by atomic mass is 35.5. The SMILES string of the molecule is O=C(Cn1nc(Cl)ccc1=O)N[C@H]1CCCN(c2nc3ccccc3s2)C1. The lowest BCUT2D eigenvalue weighted by molar-refractivity contribution is -0.122. The van der Waals surface area contributed by atoms with Gasteiger partial charge in [-0.3, -0.25) is 9.59 Å². The van der Waals surface area contributed by atoms with Crippen LogP contribution in [0.5, 0.6) is 0 Å². The Balaban J connectivity index is 1.41. The Morgan fingerprint density at radius 2 is 2.15 bits per heavy atom. The van der Waals surface area contributed by atoms with Crippen LogP contribution in [-0.2, 0) is 11.3 Å². The number of nitrogens with zero attached hydrogens (tertiary/aromatic N) is 4. The van der Waals surface area contributed by atoms with Gasteiger partial charge in [0.1, 0.15) is 11.7 Å². The maximum atomic E-state index is 12.3. The second-order valence-corrected chi connectivity index (χ2v) is 7.87. The van der Waals surface area contributed by atoms with Crippen LogP contribution in [0.4, 0.5) is 5.13 Å². The first-order chi connectivity index (χ1) is 13.1. The summed E-state index contributed by atoms with van der Waals surface area (Å²) in [6.45, 7) is 1.47. The van der Waals surface area contributed by atoms with Gasteiger partial charge in [-0.1, -0.05) is 35.1 Å². The molecule has 3 heterocycles. The number of anilines is 1. The van der Waals surface area contributed by atoms with Gasteiger partial charge in [0.15, 0.2) is 5.13 Å². The van der Waals surface area contributed by atoms with Crippen molar-refractivity contribution in [2.24, 2.45) is 0 Å². The minimum Gasteiger partial charge on any atom is -0.350 e. The second kappa shape index (κ2) is 7.66. The van der Waals surface area contributed by atoms with Crippen LogP contribution in [0.1, 0.15) is 12.8 Å². The van der Waals surface area contributed by atoms with Gasteiger partial charge in [0.25, 0.3) is 5.56 Å². The van der Waals surface area contributed by atoms with Gasteiger partial charge in [-0.15, -0.1) is 0 Å². The molecule has 3 aromatic rings. The largest absolute Gasteiger partial charge is 0.350 e. The summed E-state index contributed by atoms with van der Waals surface area (Å²) < 4.78 is 2.23. The van der Waals surface area contributed by atoms with Crippen molar-refractivity contribution >= 4 is 44.2 Å². The predicted molar refractivity (Wildman–Crippen MR) is 107 cm³/mol. The van der Waals surface area contributed by atoms with Crippen LogP contribution >= 0.6 is 22.9 Å². The molecule has 0 saturated carbocycles. The fourth-order valence-corrected chi connectivity index (χ4v) is 4.37. The van der Waals surface area contributed by atoms with Gasteiger partial charge in [-0.2, -0.15) is 5.10 Å². The highest BCUT2D eigenvalue weighted by Gasteiger charge is 2.24. The van der Waals surface area contributed by atoms with E-state index in [0.29, 0.717) is 6.54 Å². The number of carbonyl (C=O) groups is 1. The molecular weight excluding hydrogens is 386 g/mol. The number of hydrogen-bond acceptors (Lipinski definition) is 6. The van der Waals surface area contributed by atoms with Crippen molar-refractivity contribution in [3.63, 3.8) is 0 Å². The Hall–Kier alpha value is -2.45. The van der Waals surface area contributed by atoms with Crippen molar-refractivity contribution in [2.45, 2.75) is 25.4 Å². The number of thiazole rings is 1. The highest BCUT2D eigenvalue weighted by molar-refractivity contribution is 7.22. The molecule has 1 aliphatic rings. The summed E-state index contributed by atoms with van der Waals surface area (Å²) in [5.74, 6) is -0.247. The smallest absolute Gasteiger partial charge is 0.267 e. The fraction of sp³-hybridized carbons (Fsp3) is 0.333. The topological polar surface area (TPSA) is 80.1 Å². The number of fused-ring (bicyclic) bond motifs is 1. The molecule has 0 aliphatic carbocycles. The quantitative estimate of drug-likeness (QED) is 0.723. The third kappa shape index (κ3) is 4.12. The summed E-state index contributed by atoms with van der Waals surface area (Å²) in [7, 11) is 0. The summed E-state index contributed by atoms with van der Waals surface area (Å²) in [4.78, 5) is 31.0. The number of nitrogens with one attached hydrogen (secondary N) is 1. The second-order valence-electron chi connectivity index (χ2n) is 6.47. The number of piperidine rings is 1. The molecule has 1 fully saturated rings. The lowest BCUT2D eigenvalue weighted by Gasteiger charge is -2.32. The molecule has 0 spiro atoms. The third-order valence-corrected chi connectivity index (χ3v) is 5.77. The van der Waals surface area contributed by atoms with Crippen molar-refractivity contribution < 1.29 is 4.79 Å². The average Bonchev–Trinajstić information content (AvgIpc) is 3.09. The number of hydrogen-bond donors (Lipinski definition) is 1. The molecule has 1 atom stereocenters. The van der Waals surface area contributed by atoms with Crippen LogP contribution in [0.3, 0.4) is 0 Å². The van der Waals surface area contributed by atoms with Gasteiger partial charge in [0.2, 0.25) is 5.91 Å². The van der Waals surface area contributed by atoms with E-state index in [1.54, 1.807) is 11.3 Å². The maximum absolute atomic E-state index is 12.3. The number of carbonyl (C=O) groups excluding carboxylic acids is 1. The molecule has 1 N–H and O–H groups in total. The third-order valence-electron chi connectivity index (χ3n) is 4.47. The molecule has 0 unspecified atom stereocenters. The molecule has 1 amide bonds. The summed E-state index contributed by atoms with van der Waals surface area (Å²) in [5.41, 5.74) is 0.643. The zero-order valence-corrected chi connectivity index (χ0v) is 16.0. The summed E-state index contributed by atoms with van der Waals surface area (Å²) in [6, 6.07) is 10.8. The van der Waals surface area contributed by atoms with E-state index < -0.39 is 0 Å². The first kappa shape index (κ1) is 17.9. The number of rotatable bonds is 4. The van der Waals surface area contributed by atoms with E-state index >= 15 is 0 Å². The van der Waals surface area contributed by atoms with Gasteiger partial charge >= 0.3 is 0 Å². The molecule has 0 radical (unpaired) electrons. The summed E-state index contributed by atoms with van der Waals surface area (Å²) >= 11 is 7.46. The first-order valence-corrected chi connectivity index (χ1v) is 9.91. The Kier molecular flexibility index (Phi) is 5.09. The zero-order valence-electron chi connectivity index (χ0n) is 14.5. The molecule has 27 heavy (non-hydrogen) atoms. The highest BCUT2D eigenvalue weighted by Crippen LogP contribution is 2.30. The van der Waals surface area contributed by atoms with Crippen molar-refractivity contribution in [1.82, 2.24) is 20.1 Å². The van der Waals surface area contributed by atoms with Gasteiger partial charge in [-0.05, 0) is 31.0 Å². The van der Waals surface area contributed by atoms with Gasteiger partial charge < -0.3 is 10.2 Å². The molecule has 9 heteroatoms.